The van der Waals surface area contributed by atoms with Gasteiger partial charge in [0.05, 0.1) is 0 Å². The summed E-state index contributed by atoms with van der Waals surface area (Å²) in [4.78, 5) is 0. The molecular formula is C9H17N. The Balaban J connectivity index is 3.33. The zero-order valence-electron chi connectivity index (χ0n) is 6.98. The summed E-state index contributed by atoms with van der Waals surface area (Å²) in [5.74, 6) is 3.21. The van der Waals surface area contributed by atoms with Gasteiger partial charge in [0.1, 0.15) is 0 Å². The van der Waals surface area contributed by atoms with Crippen LogP contribution in [0.4, 0.5) is 0 Å². The van der Waals surface area contributed by atoms with Crippen LogP contribution in [0.1, 0.15) is 26.2 Å². The summed E-state index contributed by atoms with van der Waals surface area (Å²) in [7, 11) is 1.94. The molecule has 0 spiro atoms. The van der Waals surface area contributed by atoms with Crippen molar-refractivity contribution < 1.29 is 0 Å². The number of hydrogen-bond acceptors (Lipinski definition) is 1. The first-order valence-electron chi connectivity index (χ1n) is 3.95. The fraction of sp³-hybridized carbons (Fsp3) is 0.778. The molecule has 1 nitrogen and oxygen atoms in total. The summed E-state index contributed by atoms with van der Waals surface area (Å²) in [6.07, 6.45) is 8.95. The van der Waals surface area contributed by atoms with Crippen molar-refractivity contribution in [1.82, 2.24) is 5.32 Å². The maximum absolute atomic E-state index is 5.31. The molecule has 0 heterocycles. The summed E-state index contributed by atoms with van der Waals surface area (Å²) in [5, 5.41) is 3.09. The lowest BCUT2D eigenvalue weighted by Crippen LogP contribution is -2.17. The lowest BCUT2D eigenvalue weighted by Gasteiger charge is -2.07. The minimum atomic E-state index is 0.435. The molecule has 58 valence electrons. The summed E-state index contributed by atoms with van der Waals surface area (Å²) >= 11 is 0. The highest BCUT2D eigenvalue weighted by Crippen LogP contribution is 2.05. The zero-order valence-corrected chi connectivity index (χ0v) is 6.98. The van der Waals surface area contributed by atoms with E-state index in [2.05, 4.69) is 18.2 Å². The van der Waals surface area contributed by atoms with E-state index in [1.165, 1.54) is 12.8 Å². The van der Waals surface area contributed by atoms with Crippen LogP contribution in [-0.4, -0.2) is 13.6 Å². The highest BCUT2D eigenvalue weighted by atomic mass is 14.8. The van der Waals surface area contributed by atoms with Crippen molar-refractivity contribution in [1.29, 1.82) is 0 Å². The van der Waals surface area contributed by atoms with E-state index in [-0.39, 0.29) is 0 Å². The van der Waals surface area contributed by atoms with Crippen molar-refractivity contribution in [3.63, 3.8) is 0 Å². The van der Waals surface area contributed by atoms with Crippen molar-refractivity contribution in [2.24, 2.45) is 5.92 Å². The Hall–Kier alpha value is -0.480. The molecule has 0 aliphatic rings. The van der Waals surface area contributed by atoms with Gasteiger partial charge in [0, 0.05) is 12.5 Å². The van der Waals surface area contributed by atoms with Crippen LogP contribution in [0.25, 0.3) is 0 Å². The molecule has 0 aliphatic heterocycles. The summed E-state index contributed by atoms with van der Waals surface area (Å²) in [5.41, 5.74) is 0. The molecule has 0 saturated carbocycles. The third-order valence-corrected chi connectivity index (χ3v) is 1.59. The predicted octanol–water partition coefficient (Wildman–Crippen LogP) is 1.65. The molecule has 0 bridgehead atoms. The number of rotatable bonds is 5. The van der Waals surface area contributed by atoms with Gasteiger partial charge in [0.25, 0.3) is 0 Å². The smallest absolute Gasteiger partial charge is 0.0324 e. The van der Waals surface area contributed by atoms with Crippen molar-refractivity contribution in [2.75, 3.05) is 13.6 Å². The van der Waals surface area contributed by atoms with E-state index in [0.717, 1.165) is 13.0 Å². The highest BCUT2D eigenvalue weighted by Gasteiger charge is 2.00. The van der Waals surface area contributed by atoms with Gasteiger partial charge in [-0.2, -0.15) is 0 Å². The van der Waals surface area contributed by atoms with Crippen LogP contribution >= 0.6 is 0 Å². The molecule has 1 unspecified atom stereocenters. The minimum absolute atomic E-state index is 0.435. The molecule has 0 amide bonds. The van der Waals surface area contributed by atoms with Crippen LogP contribution in [0.2, 0.25) is 0 Å². The molecule has 0 aromatic carbocycles. The van der Waals surface area contributed by atoms with E-state index >= 15 is 0 Å². The van der Waals surface area contributed by atoms with Crippen LogP contribution in [0.15, 0.2) is 0 Å². The number of nitrogens with one attached hydrogen (secondary N) is 1. The molecule has 0 fully saturated rings. The van der Waals surface area contributed by atoms with Crippen molar-refractivity contribution in [3.8, 4) is 12.3 Å². The number of hydrogen-bond donors (Lipinski definition) is 1. The topological polar surface area (TPSA) is 12.0 Å². The quantitative estimate of drug-likeness (QED) is 0.571. The molecule has 1 heteroatoms. The zero-order chi connectivity index (χ0) is 7.82. The van der Waals surface area contributed by atoms with Crippen molar-refractivity contribution >= 4 is 0 Å². The average molecular weight is 139 g/mol. The fourth-order valence-electron chi connectivity index (χ4n) is 0.941. The maximum Gasteiger partial charge on any atom is 0.0324 e. The number of terminal acetylenes is 1. The van der Waals surface area contributed by atoms with Gasteiger partial charge in [0.15, 0.2) is 0 Å². The van der Waals surface area contributed by atoms with Crippen LogP contribution in [0, 0.1) is 18.3 Å². The predicted molar refractivity (Wildman–Crippen MR) is 45.8 cm³/mol. The first kappa shape index (κ1) is 9.52. The molecule has 0 aromatic rings. The van der Waals surface area contributed by atoms with Gasteiger partial charge in [0.2, 0.25) is 0 Å². The molecule has 0 aliphatic carbocycles. The third-order valence-electron chi connectivity index (χ3n) is 1.59. The van der Waals surface area contributed by atoms with Crippen molar-refractivity contribution in [3.05, 3.63) is 0 Å². The Morgan fingerprint density at radius 2 is 2.30 bits per heavy atom. The minimum Gasteiger partial charge on any atom is -0.319 e. The van der Waals surface area contributed by atoms with Crippen LogP contribution < -0.4 is 5.32 Å². The van der Waals surface area contributed by atoms with E-state index in [0.29, 0.717) is 5.92 Å². The molecule has 1 atom stereocenters. The fourth-order valence-corrected chi connectivity index (χ4v) is 0.941. The Kier molecular flexibility index (Phi) is 6.32. The second kappa shape index (κ2) is 6.64. The SMILES string of the molecule is C#CC(CCCC)CNC. The van der Waals surface area contributed by atoms with Gasteiger partial charge in [-0.25, -0.2) is 0 Å². The van der Waals surface area contributed by atoms with Gasteiger partial charge in [-0.3, -0.25) is 0 Å². The monoisotopic (exact) mass is 139 g/mol. The van der Waals surface area contributed by atoms with E-state index < -0.39 is 0 Å². The second-order valence-corrected chi connectivity index (χ2v) is 2.56. The van der Waals surface area contributed by atoms with Gasteiger partial charge in [-0.15, -0.1) is 12.3 Å². The Morgan fingerprint density at radius 1 is 1.60 bits per heavy atom. The summed E-state index contributed by atoms with van der Waals surface area (Å²) in [6, 6.07) is 0. The van der Waals surface area contributed by atoms with E-state index in [9.17, 15) is 0 Å². The van der Waals surface area contributed by atoms with Gasteiger partial charge < -0.3 is 5.32 Å². The van der Waals surface area contributed by atoms with E-state index in [1.54, 1.807) is 0 Å². The molecule has 0 saturated heterocycles. The van der Waals surface area contributed by atoms with Gasteiger partial charge >= 0.3 is 0 Å². The van der Waals surface area contributed by atoms with E-state index in [1.807, 2.05) is 7.05 Å². The number of unbranched alkanes of at least 4 members (excludes halogenated alkanes) is 1. The summed E-state index contributed by atoms with van der Waals surface area (Å²) in [6.45, 7) is 3.14. The standard InChI is InChI=1S/C9H17N/c1-4-6-7-9(5-2)8-10-3/h2,9-10H,4,6-8H2,1,3H3. The third kappa shape index (κ3) is 4.40. The van der Waals surface area contributed by atoms with Crippen LogP contribution in [0.3, 0.4) is 0 Å². The maximum atomic E-state index is 5.31. The van der Waals surface area contributed by atoms with Crippen molar-refractivity contribution in [2.45, 2.75) is 26.2 Å². The molecule has 0 radical (unpaired) electrons. The van der Waals surface area contributed by atoms with Gasteiger partial charge in [-0.05, 0) is 13.5 Å². The second-order valence-electron chi connectivity index (χ2n) is 2.56. The summed E-state index contributed by atoms with van der Waals surface area (Å²) < 4.78 is 0. The first-order valence-corrected chi connectivity index (χ1v) is 3.95. The first-order chi connectivity index (χ1) is 4.85. The highest BCUT2D eigenvalue weighted by molar-refractivity contribution is 4.93. The van der Waals surface area contributed by atoms with Gasteiger partial charge in [-0.1, -0.05) is 19.8 Å². The van der Waals surface area contributed by atoms with Crippen LogP contribution in [0.5, 0.6) is 0 Å². The molecule has 1 N–H and O–H groups in total. The molecule has 0 aromatic heterocycles. The lowest BCUT2D eigenvalue weighted by molar-refractivity contribution is 0.542. The lowest BCUT2D eigenvalue weighted by atomic mass is 10.0. The molecule has 10 heavy (non-hydrogen) atoms. The molecule has 0 rings (SSSR count). The Labute approximate surface area is 64.2 Å². The Bertz CT molecular complexity index is 102. The largest absolute Gasteiger partial charge is 0.319 e. The van der Waals surface area contributed by atoms with Crippen LogP contribution in [-0.2, 0) is 0 Å². The van der Waals surface area contributed by atoms with E-state index in [4.69, 9.17) is 6.42 Å². The molecular weight excluding hydrogens is 122 g/mol. The normalized spacial score (nSPS) is 12.5. The Morgan fingerprint density at radius 3 is 2.70 bits per heavy atom. The average Bonchev–Trinajstić information content (AvgIpc) is 1.98.